The van der Waals surface area contributed by atoms with Gasteiger partial charge >= 0.3 is 12.2 Å². The first-order valence-electron chi connectivity index (χ1n) is 12.6. The van der Waals surface area contributed by atoms with Crippen molar-refractivity contribution in [2.24, 2.45) is 11.7 Å². The van der Waals surface area contributed by atoms with Gasteiger partial charge in [-0.25, -0.2) is 14.2 Å². The topological polar surface area (TPSA) is 94.7 Å². The fourth-order valence-electron chi connectivity index (χ4n) is 6.06. The number of aromatic nitrogens is 1. The maximum absolute atomic E-state index is 13.8. The molecule has 5 rings (SSSR count). The molecule has 2 amide bonds. The lowest BCUT2D eigenvalue weighted by Crippen LogP contribution is -2.44. The highest BCUT2D eigenvalue weighted by atomic mass is 32.1. The molecule has 1 aromatic carbocycles. The average molecular weight is 542 g/mol. The monoisotopic (exact) mass is 541 g/mol. The summed E-state index contributed by atoms with van der Waals surface area (Å²) < 4.78 is 53.4. The fraction of sp³-hybridized carbons (Fsp3) is 0.600. The number of anilines is 1. The number of nitrogens with zero attached hydrogens (tertiary/aromatic N) is 3. The highest BCUT2D eigenvalue weighted by Crippen LogP contribution is 2.66. The van der Waals surface area contributed by atoms with E-state index in [-0.39, 0.29) is 29.2 Å². The highest BCUT2D eigenvalue weighted by Gasteiger charge is 2.64. The van der Waals surface area contributed by atoms with Gasteiger partial charge in [0.2, 0.25) is 0 Å². The molecule has 2 saturated carbocycles. The Morgan fingerprint density at radius 3 is 2.81 bits per heavy atom. The number of aliphatic hydroxyl groups is 1. The molecule has 0 spiro atoms. The van der Waals surface area contributed by atoms with Crippen molar-refractivity contribution < 1.29 is 27.5 Å². The normalized spacial score (nSPS) is 27.4. The zero-order valence-corrected chi connectivity index (χ0v) is 21.1. The van der Waals surface area contributed by atoms with E-state index in [1.54, 1.807) is 16.2 Å². The van der Waals surface area contributed by atoms with Crippen molar-refractivity contribution in [3.8, 4) is 0 Å². The molecule has 3 fully saturated rings. The molecule has 0 radical (unpaired) electrons. The van der Waals surface area contributed by atoms with Gasteiger partial charge < -0.3 is 26.0 Å². The number of hydrogen-bond acceptors (Lipinski definition) is 6. The summed E-state index contributed by atoms with van der Waals surface area (Å²) in [5.74, 6) is -1.13. The third-order valence-electron chi connectivity index (χ3n) is 8.01. The van der Waals surface area contributed by atoms with E-state index in [0.29, 0.717) is 38.7 Å². The van der Waals surface area contributed by atoms with Gasteiger partial charge in [-0.15, -0.1) is 11.3 Å². The molecule has 2 aromatic rings. The van der Waals surface area contributed by atoms with E-state index < -0.39 is 23.6 Å². The lowest BCUT2D eigenvalue weighted by atomic mass is 10.0. The van der Waals surface area contributed by atoms with Crippen LogP contribution < -0.4 is 11.1 Å². The summed E-state index contributed by atoms with van der Waals surface area (Å²) in [5, 5.41) is 13.3. The number of urea groups is 1. The minimum atomic E-state index is -4.86. The van der Waals surface area contributed by atoms with Crippen LogP contribution in [0, 0.1) is 11.7 Å². The number of rotatable bonds is 8. The van der Waals surface area contributed by atoms with Gasteiger partial charge in [-0.2, -0.15) is 13.2 Å². The third-order valence-corrected chi connectivity index (χ3v) is 9.25. The van der Waals surface area contributed by atoms with Gasteiger partial charge in [0.15, 0.2) is 0 Å². The van der Waals surface area contributed by atoms with Crippen molar-refractivity contribution in [2.75, 3.05) is 31.5 Å². The predicted molar refractivity (Wildman–Crippen MR) is 132 cm³/mol. The number of nitrogens with two attached hydrogens (primary N) is 1. The zero-order chi connectivity index (χ0) is 26.4. The lowest BCUT2D eigenvalue weighted by Gasteiger charge is -2.31. The van der Waals surface area contributed by atoms with Crippen molar-refractivity contribution in [2.45, 2.75) is 62.4 Å². The number of nitrogens with one attached hydrogen (secondary N) is 1. The molecule has 3 aliphatic rings. The number of carbonyl (C=O) groups is 1. The number of benzene rings is 1. The largest absolute Gasteiger partial charge is 0.419 e. The molecule has 37 heavy (non-hydrogen) atoms. The van der Waals surface area contributed by atoms with Crippen LogP contribution in [0.5, 0.6) is 0 Å². The van der Waals surface area contributed by atoms with Crippen LogP contribution in [0.2, 0.25) is 0 Å². The van der Waals surface area contributed by atoms with Crippen LogP contribution in [0.3, 0.4) is 0 Å². The second-order valence-electron chi connectivity index (χ2n) is 10.3. The predicted octanol–water partition coefficient (Wildman–Crippen LogP) is 4.17. The SMILES string of the molecule is NCc1ncc([C@]23CC[C@@H](N(CCCN4CC[C@@H](O)C4)C(=O)Nc4ccc(F)c(C(F)(F)F)c4)C2C3)s1. The number of amides is 2. The van der Waals surface area contributed by atoms with Gasteiger partial charge in [-0.1, -0.05) is 0 Å². The first-order chi connectivity index (χ1) is 17.6. The third kappa shape index (κ3) is 5.34. The Hall–Kier alpha value is -2.28. The smallest absolute Gasteiger partial charge is 0.392 e. The van der Waals surface area contributed by atoms with Crippen LogP contribution in [-0.4, -0.2) is 64.2 Å². The Morgan fingerprint density at radius 1 is 1.35 bits per heavy atom. The molecule has 12 heteroatoms. The molecular weight excluding hydrogens is 510 g/mol. The Bertz CT molecular complexity index is 1140. The van der Waals surface area contributed by atoms with E-state index in [0.717, 1.165) is 49.4 Å². The van der Waals surface area contributed by atoms with Gasteiger partial charge in [0.05, 0.1) is 11.7 Å². The Balaban J connectivity index is 1.32. The van der Waals surface area contributed by atoms with Crippen LogP contribution in [0.25, 0.3) is 0 Å². The summed E-state index contributed by atoms with van der Waals surface area (Å²) in [5.41, 5.74) is 4.22. The van der Waals surface area contributed by atoms with Crippen molar-refractivity contribution in [3.63, 3.8) is 0 Å². The van der Waals surface area contributed by atoms with Gasteiger partial charge in [0, 0.05) is 54.4 Å². The number of likely N-dealkylation sites (tertiary alicyclic amines) is 1. The van der Waals surface area contributed by atoms with Gasteiger partial charge in [0.25, 0.3) is 0 Å². The highest BCUT2D eigenvalue weighted by molar-refractivity contribution is 7.11. The summed E-state index contributed by atoms with van der Waals surface area (Å²) in [6, 6.07) is 1.96. The summed E-state index contributed by atoms with van der Waals surface area (Å²) in [6.45, 7) is 2.93. The van der Waals surface area contributed by atoms with E-state index in [2.05, 4.69) is 15.2 Å². The molecule has 1 unspecified atom stereocenters. The number of carbonyl (C=O) groups excluding carboxylic acids is 1. The van der Waals surface area contributed by atoms with Crippen LogP contribution in [0.15, 0.2) is 24.4 Å². The van der Waals surface area contributed by atoms with Crippen molar-refractivity contribution in [1.29, 1.82) is 0 Å². The van der Waals surface area contributed by atoms with E-state index in [4.69, 9.17) is 5.73 Å². The van der Waals surface area contributed by atoms with Gasteiger partial charge in [0.1, 0.15) is 10.8 Å². The summed E-state index contributed by atoms with van der Waals surface area (Å²) in [6.07, 6.45) is 0.714. The van der Waals surface area contributed by atoms with Crippen LogP contribution in [0.4, 0.5) is 28.0 Å². The summed E-state index contributed by atoms with van der Waals surface area (Å²) in [7, 11) is 0. The number of β-amino-alcohol motifs (C(OH)–C–C–N with tert-alkyl or cyclic N) is 1. The quantitative estimate of drug-likeness (QED) is 0.436. The van der Waals surface area contributed by atoms with E-state index >= 15 is 0 Å². The standard InChI is InChI=1S/C25H31F4N5O2S/c26-19-3-2-15(10-17(19)25(27,28)29)32-23(36)34(8-1-7-33-9-5-16(35)14-33)20-4-6-24(11-18(20)24)21-13-31-22(12-30)37-21/h2-3,10,13,16,18,20,35H,1,4-9,11-12,14,30H2,(H,32,36)/t16-,18?,20-,24+/m1/s1. The number of alkyl halides is 3. The maximum atomic E-state index is 13.8. The van der Waals surface area contributed by atoms with Gasteiger partial charge in [-0.05, 0) is 62.8 Å². The average Bonchev–Trinajstić information content (AvgIpc) is 3.18. The number of hydrogen-bond donors (Lipinski definition) is 3. The minimum absolute atomic E-state index is 0.0212. The molecule has 202 valence electrons. The Kier molecular flexibility index (Phi) is 7.20. The van der Waals surface area contributed by atoms with Crippen molar-refractivity contribution in [3.05, 3.63) is 45.7 Å². The van der Waals surface area contributed by atoms with Crippen LogP contribution in [0.1, 0.15) is 47.6 Å². The molecule has 7 nitrogen and oxygen atoms in total. The number of thiazole rings is 1. The van der Waals surface area contributed by atoms with Crippen molar-refractivity contribution in [1.82, 2.24) is 14.8 Å². The molecular formula is C25H31F4N5O2S. The zero-order valence-electron chi connectivity index (χ0n) is 20.3. The molecule has 2 aliphatic carbocycles. The minimum Gasteiger partial charge on any atom is -0.392 e. The van der Waals surface area contributed by atoms with E-state index in [9.17, 15) is 27.5 Å². The Morgan fingerprint density at radius 2 is 2.16 bits per heavy atom. The lowest BCUT2D eigenvalue weighted by molar-refractivity contribution is -0.139. The van der Waals surface area contributed by atoms with Crippen LogP contribution >= 0.6 is 11.3 Å². The van der Waals surface area contributed by atoms with Gasteiger partial charge in [-0.3, -0.25) is 0 Å². The van der Waals surface area contributed by atoms with E-state index in [1.807, 2.05) is 6.20 Å². The molecule has 1 aliphatic heterocycles. The van der Waals surface area contributed by atoms with Crippen molar-refractivity contribution >= 4 is 23.1 Å². The second kappa shape index (κ2) is 10.1. The van der Waals surface area contributed by atoms with Crippen LogP contribution in [-0.2, 0) is 18.1 Å². The molecule has 2 heterocycles. The fourth-order valence-corrected chi connectivity index (χ4v) is 7.15. The molecule has 1 aromatic heterocycles. The number of aliphatic hydroxyl groups excluding tert-OH is 1. The first-order valence-corrected chi connectivity index (χ1v) is 13.4. The Labute approximate surface area is 216 Å². The second-order valence-corrected chi connectivity index (χ2v) is 11.4. The first kappa shape index (κ1) is 26.3. The number of halogens is 4. The molecule has 1 saturated heterocycles. The molecule has 4 N–H and O–H groups in total. The maximum Gasteiger partial charge on any atom is 0.419 e. The summed E-state index contributed by atoms with van der Waals surface area (Å²) >= 11 is 1.61. The van der Waals surface area contributed by atoms with E-state index in [1.165, 1.54) is 4.88 Å². The summed E-state index contributed by atoms with van der Waals surface area (Å²) in [4.78, 5) is 22.9. The molecule has 0 bridgehead atoms. The molecule has 4 atom stereocenters. The number of fused-ring (bicyclic) bond motifs is 1.